The Kier molecular flexibility index (Phi) is 6.02. The van der Waals surface area contributed by atoms with E-state index in [-0.39, 0.29) is 27.8 Å². The Labute approximate surface area is 184 Å². The predicted molar refractivity (Wildman–Crippen MR) is 113 cm³/mol. The molecule has 0 bridgehead atoms. The van der Waals surface area contributed by atoms with Crippen LogP contribution in [0.15, 0.2) is 35.6 Å². The van der Waals surface area contributed by atoms with Gasteiger partial charge in [0.25, 0.3) is 5.91 Å². The van der Waals surface area contributed by atoms with Crippen molar-refractivity contribution in [2.75, 3.05) is 30.8 Å². The number of likely N-dealkylation sites (tertiary alicyclic amines) is 1. The van der Waals surface area contributed by atoms with Crippen LogP contribution in [0.2, 0.25) is 5.02 Å². The number of pyridine rings is 2. The van der Waals surface area contributed by atoms with Gasteiger partial charge in [-0.3, -0.25) is 4.79 Å². The highest BCUT2D eigenvalue weighted by molar-refractivity contribution is 7.90. The minimum absolute atomic E-state index is 0.0439. The van der Waals surface area contributed by atoms with Gasteiger partial charge in [-0.2, -0.15) is 0 Å². The molecule has 4 rings (SSSR count). The number of nitrogens with zero attached hydrogens (tertiary/aromatic N) is 4. The van der Waals surface area contributed by atoms with Crippen LogP contribution in [0.5, 0.6) is 5.75 Å². The van der Waals surface area contributed by atoms with Crippen LogP contribution >= 0.6 is 11.6 Å². The van der Waals surface area contributed by atoms with E-state index in [1.807, 2.05) is 9.80 Å². The van der Waals surface area contributed by atoms with Crippen molar-refractivity contribution in [3.05, 3.63) is 41.4 Å². The second kappa shape index (κ2) is 8.58. The number of hydrogen-bond acceptors (Lipinski definition) is 7. The molecule has 0 saturated carbocycles. The van der Waals surface area contributed by atoms with Crippen molar-refractivity contribution in [3.8, 4) is 5.75 Å². The molecule has 2 aliphatic heterocycles. The van der Waals surface area contributed by atoms with Crippen LogP contribution in [0.1, 0.15) is 19.3 Å². The van der Waals surface area contributed by atoms with Gasteiger partial charge in [0.1, 0.15) is 5.75 Å². The highest BCUT2D eigenvalue weighted by atomic mass is 35.5. The molecule has 0 unspecified atom stereocenters. The molecule has 4 heterocycles. The molecular formula is C20H22ClFN4O4S. The van der Waals surface area contributed by atoms with Crippen molar-refractivity contribution in [1.29, 1.82) is 0 Å². The molecule has 0 spiro atoms. The zero-order chi connectivity index (χ0) is 22.2. The Bertz CT molecular complexity index is 1080. The number of carbonyl (C=O) groups excluding carboxylic acids is 1. The largest absolute Gasteiger partial charge is 0.479 e. The molecule has 1 amide bonds. The van der Waals surface area contributed by atoms with Crippen molar-refractivity contribution in [1.82, 2.24) is 14.9 Å². The molecule has 1 atom stereocenters. The van der Waals surface area contributed by atoms with Gasteiger partial charge < -0.3 is 14.5 Å². The summed E-state index contributed by atoms with van der Waals surface area (Å²) in [5.74, 6) is 0.0853. The summed E-state index contributed by atoms with van der Waals surface area (Å²) in [5.41, 5.74) is 0. The summed E-state index contributed by atoms with van der Waals surface area (Å²) in [7, 11) is -3.39. The lowest BCUT2D eigenvalue weighted by Gasteiger charge is -2.37. The van der Waals surface area contributed by atoms with Crippen LogP contribution in [0, 0.1) is 5.82 Å². The molecule has 2 aliphatic rings. The van der Waals surface area contributed by atoms with Crippen LogP contribution in [-0.2, 0) is 14.6 Å². The Morgan fingerprint density at radius 2 is 1.87 bits per heavy atom. The maximum Gasteiger partial charge on any atom is 0.263 e. The summed E-state index contributed by atoms with van der Waals surface area (Å²) in [5, 5.41) is 0.212. The maximum absolute atomic E-state index is 14.1. The normalized spacial score (nSPS) is 20.4. The van der Waals surface area contributed by atoms with E-state index in [1.54, 1.807) is 0 Å². The van der Waals surface area contributed by atoms with Crippen molar-refractivity contribution >= 4 is 33.2 Å². The number of rotatable bonds is 5. The molecule has 2 aromatic heterocycles. The van der Waals surface area contributed by atoms with Gasteiger partial charge in [-0.15, -0.1) is 0 Å². The fourth-order valence-electron chi connectivity index (χ4n) is 4.00. The van der Waals surface area contributed by atoms with Crippen LogP contribution in [0.4, 0.5) is 10.2 Å². The topological polar surface area (TPSA) is 92.7 Å². The molecule has 0 aliphatic carbocycles. The summed E-state index contributed by atoms with van der Waals surface area (Å²) < 4.78 is 42.9. The van der Waals surface area contributed by atoms with Crippen LogP contribution < -0.4 is 9.64 Å². The summed E-state index contributed by atoms with van der Waals surface area (Å²) in [6.45, 7) is 1.75. The second-order valence-electron chi connectivity index (χ2n) is 7.71. The lowest BCUT2D eigenvalue weighted by atomic mass is 10.0. The number of hydrogen-bond donors (Lipinski definition) is 0. The van der Waals surface area contributed by atoms with E-state index in [2.05, 4.69) is 9.97 Å². The minimum Gasteiger partial charge on any atom is -0.479 e. The zero-order valence-electron chi connectivity index (χ0n) is 16.9. The van der Waals surface area contributed by atoms with Gasteiger partial charge in [0.05, 0.1) is 11.2 Å². The third-order valence-corrected chi connectivity index (χ3v) is 6.76. The van der Waals surface area contributed by atoms with Gasteiger partial charge in [-0.25, -0.2) is 22.8 Å². The monoisotopic (exact) mass is 468 g/mol. The van der Waals surface area contributed by atoms with E-state index < -0.39 is 21.8 Å². The van der Waals surface area contributed by atoms with Crippen LogP contribution in [0.25, 0.3) is 0 Å². The number of carbonyl (C=O) groups is 1. The number of aromatic nitrogens is 2. The van der Waals surface area contributed by atoms with E-state index in [0.717, 1.165) is 6.26 Å². The molecule has 2 aromatic rings. The van der Waals surface area contributed by atoms with Crippen molar-refractivity contribution in [2.45, 2.75) is 36.4 Å². The number of amides is 1. The predicted octanol–water partition coefficient (Wildman–Crippen LogP) is 2.32. The smallest absolute Gasteiger partial charge is 0.263 e. The van der Waals surface area contributed by atoms with E-state index >= 15 is 0 Å². The van der Waals surface area contributed by atoms with E-state index in [9.17, 15) is 17.6 Å². The summed E-state index contributed by atoms with van der Waals surface area (Å²) in [6.07, 6.45) is 5.14. The Hall–Kier alpha value is -2.46. The number of anilines is 1. The molecule has 2 saturated heterocycles. The van der Waals surface area contributed by atoms with Gasteiger partial charge in [-0.05, 0) is 31.0 Å². The van der Waals surface area contributed by atoms with Gasteiger partial charge in [0.2, 0.25) is 0 Å². The summed E-state index contributed by atoms with van der Waals surface area (Å²) in [4.78, 5) is 24.5. The first-order chi connectivity index (χ1) is 14.7. The molecule has 31 heavy (non-hydrogen) atoms. The highest BCUT2D eigenvalue weighted by Gasteiger charge is 2.38. The fraction of sp³-hybridized carbons (Fsp3) is 0.450. The number of sulfone groups is 1. The van der Waals surface area contributed by atoms with Gasteiger partial charge >= 0.3 is 0 Å². The lowest BCUT2D eigenvalue weighted by molar-refractivity contribution is -0.135. The first kappa shape index (κ1) is 21.8. The Balaban J connectivity index is 1.34. The highest BCUT2D eigenvalue weighted by Crippen LogP contribution is 2.28. The number of piperidine rings is 1. The first-order valence-corrected chi connectivity index (χ1v) is 12.2. The lowest BCUT2D eigenvalue weighted by Crippen LogP contribution is -2.47. The number of ether oxygens (including phenoxy) is 1. The van der Waals surface area contributed by atoms with E-state index in [4.69, 9.17) is 16.3 Å². The third-order valence-electron chi connectivity index (χ3n) is 5.55. The van der Waals surface area contributed by atoms with Crippen molar-refractivity contribution in [2.24, 2.45) is 0 Å². The molecule has 2 fully saturated rings. The Morgan fingerprint density at radius 1 is 1.13 bits per heavy atom. The average molecular weight is 469 g/mol. The van der Waals surface area contributed by atoms with E-state index in [0.29, 0.717) is 44.6 Å². The van der Waals surface area contributed by atoms with Gasteiger partial charge in [-0.1, -0.05) is 11.6 Å². The molecular weight excluding hydrogens is 447 g/mol. The van der Waals surface area contributed by atoms with Crippen molar-refractivity contribution in [3.63, 3.8) is 0 Å². The average Bonchev–Trinajstić information content (AvgIpc) is 3.08. The standard InChI is InChI=1S/C20H22ClFN4O4S/c1-31(28,29)18-3-2-15(12-23-18)30-17-6-9-26(20(17)27)14-4-7-25(8-5-14)19-16(22)10-13(21)11-24-19/h2-3,10-12,14,17H,4-9H2,1H3/t17-/m0/s1. The first-order valence-electron chi connectivity index (χ1n) is 9.91. The maximum atomic E-state index is 14.1. The van der Waals surface area contributed by atoms with Crippen LogP contribution in [-0.4, -0.2) is 67.2 Å². The molecule has 11 heteroatoms. The molecule has 0 radical (unpaired) electrons. The van der Waals surface area contributed by atoms with Gasteiger partial charge in [0, 0.05) is 44.5 Å². The molecule has 8 nitrogen and oxygen atoms in total. The summed E-state index contributed by atoms with van der Waals surface area (Å²) >= 11 is 5.77. The molecule has 0 N–H and O–H groups in total. The molecule has 0 aromatic carbocycles. The van der Waals surface area contributed by atoms with Gasteiger partial charge in [0.15, 0.2) is 32.6 Å². The third kappa shape index (κ3) is 4.74. The second-order valence-corrected chi connectivity index (χ2v) is 10.1. The molecule has 166 valence electrons. The summed E-state index contributed by atoms with van der Waals surface area (Å²) in [6, 6.07) is 4.17. The SMILES string of the molecule is CS(=O)(=O)c1ccc(O[C@H]2CCN(C3CCN(c4ncc(Cl)cc4F)CC3)C2=O)cn1. The van der Waals surface area contributed by atoms with Crippen LogP contribution in [0.3, 0.4) is 0 Å². The van der Waals surface area contributed by atoms with E-state index in [1.165, 1.54) is 30.6 Å². The quantitative estimate of drug-likeness (QED) is 0.664. The van der Waals surface area contributed by atoms with Crippen molar-refractivity contribution < 1.29 is 22.3 Å². The minimum atomic E-state index is -3.39. The number of halogens is 2. The fourth-order valence-corrected chi connectivity index (χ4v) is 4.70. The zero-order valence-corrected chi connectivity index (χ0v) is 18.4. The Morgan fingerprint density at radius 3 is 2.48 bits per heavy atom.